The van der Waals surface area contributed by atoms with Crippen LogP contribution in [0.4, 0.5) is 0 Å². The molecule has 0 atom stereocenters. The van der Waals surface area contributed by atoms with Gasteiger partial charge in [0.15, 0.2) is 0 Å². The van der Waals surface area contributed by atoms with E-state index in [1.54, 1.807) is 12.1 Å². The number of hydrogen-bond donors (Lipinski definition) is 2. The number of nitrogens with zero attached hydrogens (tertiary/aromatic N) is 1. The van der Waals surface area contributed by atoms with Crippen molar-refractivity contribution in [3.63, 3.8) is 0 Å². The van der Waals surface area contributed by atoms with E-state index in [1.807, 2.05) is 25.7 Å². The van der Waals surface area contributed by atoms with Gasteiger partial charge in [0.2, 0.25) is 0 Å². The van der Waals surface area contributed by atoms with Crippen molar-refractivity contribution in [2.45, 2.75) is 44.8 Å². The molecule has 1 aliphatic rings. The van der Waals surface area contributed by atoms with Crippen LogP contribution >= 0.6 is 0 Å². The fourth-order valence-corrected chi connectivity index (χ4v) is 2.68. The largest absolute Gasteiger partial charge is 0.478 e. The predicted octanol–water partition coefficient (Wildman–Crippen LogP) is 1.87. The molecule has 1 aromatic rings. The summed E-state index contributed by atoms with van der Waals surface area (Å²) in [7, 11) is 0. The minimum absolute atomic E-state index is 0.230. The maximum atomic E-state index is 11.9. The van der Waals surface area contributed by atoms with Crippen LogP contribution in [0, 0.1) is 11.8 Å². The smallest absolute Gasteiger partial charge is 0.335 e. The lowest BCUT2D eigenvalue weighted by Crippen LogP contribution is -2.50. The maximum Gasteiger partial charge on any atom is 0.335 e. The zero-order valence-electron chi connectivity index (χ0n) is 15.5. The molecule has 2 rings (SSSR count). The van der Waals surface area contributed by atoms with E-state index in [4.69, 9.17) is 15.6 Å². The van der Waals surface area contributed by atoms with Crippen molar-refractivity contribution < 1.29 is 19.4 Å². The minimum atomic E-state index is -0.961. The summed E-state index contributed by atoms with van der Waals surface area (Å²) in [6, 6.07) is 6.41. The first kappa shape index (κ1) is 20.0. The number of carbonyl (C=O) groups is 2. The number of hydrogen-bond acceptors (Lipinski definition) is 5. The van der Waals surface area contributed by atoms with E-state index in [2.05, 4.69) is 11.8 Å². The predicted molar refractivity (Wildman–Crippen MR) is 98.7 cm³/mol. The molecule has 0 bridgehead atoms. The molecule has 1 heterocycles. The minimum Gasteiger partial charge on any atom is -0.478 e. The number of piperidine rings is 1. The molecule has 1 fully saturated rings. The molecule has 6 nitrogen and oxygen atoms in total. The van der Waals surface area contributed by atoms with E-state index in [0.29, 0.717) is 25.9 Å². The molecule has 0 saturated carbocycles. The Morgan fingerprint density at radius 2 is 1.81 bits per heavy atom. The highest BCUT2D eigenvalue weighted by Crippen LogP contribution is 2.19. The van der Waals surface area contributed by atoms with E-state index in [9.17, 15) is 9.59 Å². The fraction of sp³-hybridized carbons (Fsp3) is 0.500. The molecule has 1 aliphatic heterocycles. The van der Waals surface area contributed by atoms with Crippen molar-refractivity contribution >= 4 is 11.9 Å². The summed E-state index contributed by atoms with van der Waals surface area (Å²) in [6.07, 6.45) is 1.33. The third kappa shape index (κ3) is 6.17. The van der Waals surface area contributed by atoms with Crippen LogP contribution in [-0.2, 0) is 9.53 Å². The van der Waals surface area contributed by atoms with Crippen molar-refractivity contribution in [3.05, 3.63) is 35.4 Å². The molecular formula is C20H26N2O4. The van der Waals surface area contributed by atoms with Gasteiger partial charge in [0.25, 0.3) is 0 Å². The lowest BCUT2D eigenvalue weighted by Gasteiger charge is -2.35. The lowest BCUT2D eigenvalue weighted by molar-refractivity contribution is -0.156. The van der Waals surface area contributed by atoms with E-state index >= 15 is 0 Å². The first-order valence-electron chi connectivity index (χ1n) is 8.66. The zero-order valence-corrected chi connectivity index (χ0v) is 15.5. The summed E-state index contributed by atoms with van der Waals surface area (Å²) in [5, 5.41) is 8.91. The SMILES string of the molecule is CC(C)(C)OC(=O)CN1CCC(N)(C#Cc2ccc(C(=O)O)cc2)CC1. The van der Waals surface area contributed by atoms with Gasteiger partial charge >= 0.3 is 11.9 Å². The standard InChI is InChI=1S/C20H26N2O4/c1-19(2,3)26-17(23)14-22-12-10-20(21,11-13-22)9-8-15-4-6-16(7-5-15)18(24)25/h4-7H,10-14,21H2,1-3H3,(H,24,25). The van der Waals surface area contributed by atoms with Gasteiger partial charge in [-0.3, -0.25) is 9.69 Å². The monoisotopic (exact) mass is 358 g/mol. The van der Waals surface area contributed by atoms with Crippen LogP contribution in [0.1, 0.15) is 49.5 Å². The molecule has 1 aromatic carbocycles. The van der Waals surface area contributed by atoms with Crippen molar-refractivity contribution in [1.82, 2.24) is 4.90 Å². The van der Waals surface area contributed by atoms with Gasteiger partial charge in [-0.25, -0.2) is 4.79 Å². The third-order valence-corrected chi connectivity index (χ3v) is 4.11. The number of nitrogens with two attached hydrogens (primary N) is 1. The average molecular weight is 358 g/mol. The molecule has 1 saturated heterocycles. The number of likely N-dealkylation sites (tertiary alicyclic amines) is 1. The van der Waals surface area contributed by atoms with Crippen molar-refractivity contribution in [3.8, 4) is 11.8 Å². The first-order valence-corrected chi connectivity index (χ1v) is 8.66. The van der Waals surface area contributed by atoms with Gasteiger partial charge in [0.05, 0.1) is 17.6 Å². The highest BCUT2D eigenvalue weighted by molar-refractivity contribution is 5.87. The fourth-order valence-electron chi connectivity index (χ4n) is 2.68. The van der Waals surface area contributed by atoms with Gasteiger partial charge in [-0.15, -0.1) is 0 Å². The van der Waals surface area contributed by atoms with E-state index in [-0.39, 0.29) is 18.1 Å². The van der Waals surface area contributed by atoms with Crippen LogP contribution in [0.25, 0.3) is 0 Å². The molecule has 0 amide bonds. The number of carboxylic acid groups (broad SMARTS) is 1. The number of esters is 1. The number of rotatable bonds is 3. The Hall–Kier alpha value is -2.36. The summed E-state index contributed by atoms with van der Waals surface area (Å²) >= 11 is 0. The Balaban J connectivity index is 1.90. The average Bonchev–Trinajstić information content (AvgIpc) is 2.54. The van der Waals surface area contributed by atoms with Gasteiger partial charge in [-0.2, -0.15) is 0 Å². The van der Waals surface area contributed by atoms with Crippen molar-refractivity contribution in [1.29, 1.82) is 0 Å². The van der Waals surface area contributed by atoms with Crippen molar-refractivity contribution in [2.75, 3.05) is 19.6 Å². The van der Waals surface area contributed by atoms with Gasteiger partial charge < -0.3 is 15.6 Å². The highest BCUT2D eigenvalue weighted by atomic mass is 16.6. The third-order valence-electron chi connectivity index (χ3n) is 4.11. The van der Waals surface area contributed by atoms with Crippen LogP contribution in [0.5, 0.6) is 0 Å². The summed E-state index contributed by atoms with van der Waals surface area (Å²) in [5.74, 6) is 4.95. The quantitative estimate of drug-likeness (QED) is 0.633. The topological polar surface area (TPSA) is 92.9 Å². The van der Waals surface area contributed by atoms with Crippen LogP contribution in [0.2, 0.25) is 0 Å². The maximum absolute atomic E-state index is 11.9. The van der Waals surface area contributed by atoms with Crippen LogP contribution in [0.15, 0.2) is 24.3 Å². The van der Waals surface area contributed by atoms with E-state index in [1.165, 1.54) is 12.1 Å². The van der Waals surface area contributed by atoms with Crippen molar-refractivity contribution in [2.24, 2.45) is 5.73 Å². The van der Waals surface area contributed by atoms with E-state index < -0.39 is 17.1 Å². The Labute approximate surface area is 154 Å². The van der Waals surface area contributed by atoms with E-state index in [0.717, 1.165) is 5.56 Å². The van der Waals surface area contributed by atoms with Gasteiger partial charge in [0.1, 0.15) is 5.60 Å². The zero-order chi connectivity index (χ0) is 19.4. The summed E-state index contributed by atoms with van der Waals surface area (Å²) in [5.41, 5.74) is 6.25. The van der Waals surface area contributed by atoms with Crippen LogP contribution < -0.4 is 5.73 Å². The first-order chi connectivity index (χ1) is 12.1. The Morgan fingerprint density at radius 1 is 1.23 bits per heavy atom. The number of benzene rings is 1. The Kier molecular flexibility index (Phi) is 6.06. The summed E-state index contributed by atoms with van der Waals surface area (Å²) in [6.45, 7) is 7.18. The second-order valence-electron chi connectivity index (χ2n) is 7.65. The number of ether oxygens (including phenoxy) is 1. The molecule has 0 aromatic heterocycles. The van der Waals surface area contributed by atoms with Crippen LogP contribution in [0.3, 0.4) is 0 Å². The molecule has 0 aliphatic carbocycles. The molecule has 0 unspecified atom stereocenters. The molecule has 26 heavy (non-hydrogen) atoms. The molecule has 140 valence electrons. The molecular weight excluding hydrogens is 332 g/mol. The Morgan fingerprint density at radius 3 is 2.31 bits per heavy atom. The number of carbonyl (C=O) groups excluding carboxylic acids is 1. The molecule has 3 N–H and O–H groups in total. The molecule has 0 spiro atoms. The van der Waals surface area contributed by atoms with Gasteiger partial charge in [-0.05, 0) is 57.9 Å². The van der Waals surface area contributed by atoms with Gasteiger partial charge in [0, 0.05) is 18.7 Å². The Bertz CT molecular complexity index is 715. The highest BCUT2D eigenvalue weighted by Gasteiger charge is 2.30. The molecule has 6 heteroatoms. The summed E-state index contributed by atoms with van der Waals surface area (Å²) < 4.78 is 5.34. The second kappa shape index (κ2) is 7.90. The number of aromatic carboxylic acids is 1. The summed E-state index contributed by atoms with van der Waals surface area (Å²) in [4.78, 5) is 24.8. The molecule has 0 radical (unpaired) electrons. The van der Waals surface area contributed by atoms with Gasteiger partial charge in [-0.1, -0.05) is 11.8 Å². The lowest BCUT2D eigenvalue weighted by atomic mass is 9.89. The second-order valence-corrected chi connectivity index (χ2v) is 7.65. The normalized spacial score (nSPS) is 17.1. The number of carboxylic acids is 1. The van der Waals surface area contributed by atoms with Crippen LogP contribution in [-0.4, -0.2) is 52.7 Å².